The highest BCUT2D eigenvalue weighted by Gasteiger charge is 2.40. The second kappa shape index (κ2) is 5.56. The standard InChI is InChI=1S/C13H21N3O3/c1-2-18-13(5-8-17-9-6-13)12-15-11(19-16-12)10-4-3-7-14-10/h10,14H,2-9H2,1H3. The van der Waals surface area contributed by atoms with Gasteiger partial charge in [0.25, 0.3) is 0 Å². The van der Waals surface area contributed by atoms with E-state index in [-0.39, 0.29) is 6.04 Å². The summed E-state index contributed by atoms with van der Waals surface area (Å²) < 4.78 is 16.8. The molecule has 1 unspecified atom stereocenters. The minimum atomic E-state index is -0.423. The van der Waals surface area contributed by atoms with E-state index in [1.807, 2.05) is 6.92 Å². The molecule has 1 atom stereocenters. The number of nitrogens with one attached hydrogen (secondary N) is 1. The summed E-state index contributed by atoms with van der Waals surface area (Å²) in [5.41, 5.74) is -0.423. The van der Waals surface area contributed by atoms with E-state index < -0.39 is 5.60 Å². The fourth-order valence-corrected chi connectivity index (χ4v) is 2.87. The molecule has 106 valence electrons. The Morgan fingerprint density at radius 1 is 1.42 bits per heavy atom. The van der Waals surface area contributed by atoms with E-state index >= 15 is 0 Å². The van der Waals surface area contributed by atoms with E-state index in [2.05, 4.69) is 15.5 Å². The van der Waals surface area contributed by atoms with Crippen molar-refractivity contribution >= 4 is 0 Å². The normalized spacial score (nSPS) is 26.7. The van der Waals surface area contributed by atoms with Crippen molar-refractivity contribution in [2.45, 2.75) is 44.2 Å². The van der Waals surface area contributed by atoms with Crippen molar-refractivity contribution in [3.8, 4) is 0 Å². The monoisotopic (exact) mass is 267 g/mol. The summed E-state index contributed by atoms with van der Waals surface area (Å²) in [6.45, 7) is 5.03. The van der Waals surface area contributed by atoms with Gasteiger partial charge in [-0.2, -0.15) is 4.98 Å². The lowest BCUT2D eigenvalue weighted by atomic mass is 9.93. The first-order chi connectivity index (χ1) is 9.34. The SMILES string of the molecule is CCOC1(c2noc(C3CCCN3)n2)CCOCC1. The molecule has 0 amide bonds. The van der Waals surface area contributed by atoms with Gasteiger partial charge >= 0.3 is 0 Å². The van der Waals surface area contributed by atoms with Gasteiger partial charge in [-0.3, -0.25) is 0 Å². The molecule has 2 aliphatic rings. The van der Waals surface area contributed by atoms with Crippen LogP contribution in [0.1, 0.15) is 50.4 Å². The molecule has 1 aromatic heterocycles. The van der Waals surface area contributed by atoms with E-state index in [4.69, 9.17) is 14.0 Å². The first kappa shape index (κ1) is 13.0. The highest BCUT2D eigenvalue weighted by molar-refractivity contribution is 5.05. The molecule has 2 saturated heterocycles. The van der Waals surface area contributed by atoms with Crippen LogP contribution in [0, 0.1) is 0 Å². The summed E-state index contributed by atoms with van der Waals surface area (Å²) in [6, 6.07) is 0.208. The minimum Gasteiger partial charge on any atom is -0.381 e. The number of rotatable bonds is 4. The molecule has 6 heteroatoms. The third-order valence-electron chi connectivity index (χ3n) is 3.93. The number of nitrogens with zero attached hydrogens (tertiary/aromatic N) is 2. The van der Waals surface area contributed by atoms with E-state index in [1.54, 1.807) is 0 Å². The Bertz CT molecular complexity index is 404. The molecular formula is C13H21N3O3. The zero-order chi connectivity index (χ0) is 13.1. The van der Waals surface area contributed by atoms with Crippen molar-refractivity contribution in [2.24, 2.45) is 0 Å². The first-order valence-corrected chi connectivity index (χ1v) is 7.13. The Morgan fingerprint density at radius 2 is 2.26 bits per heavy atom. The highest BCUT2D eigenvalue weighted by atomic mass is 16.5. The molecule has 0 aliphatic carbocycles. The summed E-state index contributed by atoms with van der Waals surface area (Å²) in [7, 11) is 0. The second-order valence-electron chi connectivity index (χ2n) is 5.14. The molecule has 0 radical (unpaired) electrons. The lowest BCUT2D eigenvalue weighted by molar-refractivity contribution is -0.118. The Balaban J connectivity index is 1.81. The Hall–Kier alpha value is -0.980. The number of aromatic nitrogens is 2. The predicted molar refractivity (Wildman–Crippen MR) is 67.6 cm³/mol. The van der Waals surface area contributed by atoms with Gasteiger partial charge in [-0.05, 0) is 26.3 Å². The fraction of sp³-hybridized carbons (Fsp3) is 0.846. The van der Waals surface area contributed by atoms with Gasteiger partial charge in [0.1, 0.15) is 5.60 Å². The van der Waals surface area contributed by atoms with E-state index in [0.29, 0.717) is 31.5 Å². The van der Waals surface area contributed by atoms with Crippen LogP contribution in [0.2, 0.25) is 0 Å². The van der Waals surface area contributed by atoms with Crippen molar-refractivity contribution in [1.29, 1.82) is 0 Å². The predicted octanol–water partition coefficient (Wildman–Crippen LogP) is 1.54. The zero-order valence-corrected chi connectivity index (χ0v) is 11.4. The van der Waals surface area contributed by atoms with Gasteiger partial charge < -0.3 is 19.3 Å². The van der Waals surface area contributed by atoms with Crippen LogP contribution in [0.25, 0.3) is 0 Å². The van der Waals surface area contributed by atoms with Crippen molar-refractivity contribution in [3.05, 3.63) is 11.7 Å². The third-order valence-corrected chi connectivity index (χ3v) is 3.93. The average Bonchev–Trinajstić information content (AvgIpc) is 3.11. The van der Waals surface area contributed by atoms with Crippen LogP contribution < -0.4 is 5.32 Å². The highest BCUT2D eigenvalue weighted by Crippen LogP contribution is 2.35. The molecule has 1 aromatic rings. The van der Waals surface area contributed by atoms with E-state index in [1.165, 1.54) is 0 Å². The lowest BCUT2D eigenvalue weighted by Gasteiger charge is -2.33. The van der Waals surface area contributed by atoms with Crippen LogP contribution in [0.3, 0.4) is 0 Å². The van der Waals surface area contributed by atoms with Crippen molar-refractivity contribution < 1.29 is 14.0 Å². The molecule has 2 fully saturated rings. The Morgan fingerprint density at radius 3 is 2.95 bits per heavy atom. The van der Waals surface area contributed by atoms with Crippen LogP contribution in [0.5, 0.6) is 0 Å². The van der Waals surface area contributed by atoms with Gasteiger partial charge in [0.05, 0.1) is 6.04 Å². The maximum absolute atomic E-state index is 5.95. The number of hydrogen-bond donors (Lipinski definition) is 1. The van der Waals surface area contributed by atoms with Crippen LogP contribution in [0.4, 0.5) is 0 Å². The van der Waals surface area contributed by atoms with Crippen molar-refractivity contribution in [3.63, 3.8) is 0 Å². The van der Waals surface area contributed by atoms with Crippen LogP contribution in [0.15, 0.2) is 4.52 Å². The molecule has 1 N–H and O–H groups in total. The largest absolute Gasteiger partial charge is 0.381 e. The van der Waals surface area contributed by atoms with Gasteiger partial charge in [-0.1, -0.05) is 5.16 Å². The molecule has 0 saturated carbocycles. The topological polar surface area (TPSA) is 69.4 Å². The maximum atomic E-state index is 5.95. The summed E-state index contributed by atoms with van der Waals surface area (Å²) in [5, 5.41) is 7.54. The average molecular weight is 267 g/mol. The molecule has 19 heavy (non-hydrogen) atoms. The fourth-order valence-electron chi connectivity index (χ4n) is 2.87. The summed E-state index contributed by atoms with van der Waals surface area (Å²) in [5.74, 6) is 1.37. The Labute approximate surface area is 112 Å². The molecule has 0 bridgehead atoms. The molecular weight excluding hydrogens is 246 g/mol. The maximum Gasteiger partial charge on any atom is 0.243 e. The molecule has 3 heterocycles. The third kappa shape index (κ3) is 2.52. The molecule has 3 rings (SSSR count). The van der Waals surface area contributed by atoms with Gasteiger partial charge in [0.2, 0.25) is 11.7 Å². The smallest absolute Gasteiger partial charge is 0.243 e. The van der Waals surface area contributed by atoms with Gasteiger partial charge in [0.15, 0.2) is 0 Å². The second-order valence-corrected chi connectivity index (χ2v) is 5.14. The summed E-state index contributed by atoms with van der Waals surface area (Å²) in [6.07, 6.45) is 3.80. The molecule has 0 aromatic carbocycles. The zero-order valence-electron chi connectivity index (χ0n) is 11.4. The van der Waals surface area contributed by atoms with Gasteiger partial charge in [0, 0.05) is 32.7 Å². The molecule has 0 spiro atoms. The quantitative estimate of drug-likeness (QED) is 0.892. The summed E-state index contributed by atoms with van der Waals surface area (Å²) in [4.78, 5) is 4.59. The minimum absolute atomic E-state index is 0.208. The Kier molecular flexibility index (Phi) is 3.81. The first-order valence-electron chi connectivity index (χ1n) is 7.13. The summed E-state index contributed by atoms with van der Waals surface area (Å²) >= 11 is 0. The van der Waals surface area contributed by atoms with Gasteiger partial charge in [-0.25, -0.2) is 0 Å². The molecule has 2 aliphatic heterocycles. The number of hydrogen-bond acceptors (Lipinski definition) is 6. The van der Waals surface area contributed by atoms with Gasteiger partial charge in [-0.15, -0.1) is 0 Å². The van der Waals surface area contributed by atoms with Crippen molar-refractivity contribution in [1.82, 2.24) is 15.5 Å². The van der Waals surface area contributed by atoms with Crippen LogP contribution >= 0.6 is 0 Å². The van der Waals surface area contributed by atoms with Crippen molar-refractivity contribution in [2.75, 3.05) is 26.4 Å². The van der Waals surface area contributed by atoms with E-state index in [0.717, 1.165) is 32.2 Å². The lowest BCUT2D eigenvalue weighted by Crippen LogP contribution is -2.37. The van der Waals surface area contributed by atoms with Crippen LogP contribution in [-0.2, 0) is 15.1 Å². The number of ether oxygens (including phenoxy) is 2. The van der Waals surface area contributed by atoms with Crippen LogP contribution in [-0.4, -0.2) is 36.5 Å². The molecule has 6 nitrogen and oxygen atoms in total. The van der Waals surface area contributed by atoms with E-state index in [9.17, 15) is 0 Å².